The SMILES string of the molecule is Cc1cccc(C(c2cccc([C+](C)C)c2)C(C)(C)C)c1. The molecule has 0 radical (unpaired) electrons. The van der Waals surface area contributed by atoms with Crippen molar-refractivity contribution in [3.63, 3.8) is 0 Å². The maximum absolute atomic E-state index is 2.35. The molecule has 0 aromatic heterocycles. The van der Waals surface area contributed by atoms with Gasteiger partial charge in [-0.2, -0.15) is 0 Å². The topological polar surface area (TPSA) is 0 Å². The summed E-state index contributed by atoms with van der Waals surface area (Å²) in [5.74, 6) is 1.78. The highest BCUT2D eigenvalue weighted by molar-refractivity contribution is 5.40. The Bertz CT molecular complexity index is 599. The summed E-state index contributed by atoms with van der Waals surface area (Å²) < 4.78 is 0. The number of rotatable bonds is 3. The van der Waals surface area contributed by atoms with Gasteiger partial charge in [-0.1, -0.05) is 50.6 Å². The highest BCUT2D eigenvalue weighted by Gasteiger charge is 2.30. The van der Waals surface area contributed by atoms with Crippen molar-refractivity contribution in [2.24, 2.45) is 5.41 Å². The molecule has 0 fully saturated rings. The molecule has 2 aromatic carbocycles. The molecule has 0 N–H and O–H groups in total. The van der Waals surface area contributed by atoms with E-state index in [9.17, 15) is 0 Å². The van der Waals surface area contributed by atoms with E-state index in [2.05, 4.69) is 90.1 Å². The van der Waals surface area contributed by atoms with Crippen LogP contribution in [0.3, 0.4) is 0 Å². The summed E-state index contributed by atoms with van der Waals surface area (Å²) in [6, 6.07) is 17.9. The van der Waals surface area contributed by atoms with Crippen LogP contribution in [0.25, 0.3) is 0 Å². The van der Waals surface area contributed by atoms with E-state index in [1.807, 2.05) is 0 Å². The Morgan fingerprint density at radius 3 is 1.95 bits per heavy atom. The molecule has 0 heterocycles. The molecule has 0 amide bonds. The van der Waals surface area contributed by atoms with Gasteiger partial charge >= 0.3 is 0 Å². The van der Waals surface area contributed by atoms with E-state index in [0.29, 0.717) is 5.92 Å². The second kappa shape index (κ2) is 5.97. The van der Waals surface area contributed by atoms with Crippen molar-refractivity contribution in [1.82, 2.24) is 0 Å². The average molecular weight is 279 g/mol. The van der Waals surface area contributed by atoms with Crippen molar-refractivity contribution in [2.45, 2.75) is 47.5 Å². The van der Waals surface area contributed by atoms with Crippen LogP contribution in [0.1, 0.15) is 62.8 Å². The predicted octanol–water partition coefficient (Wildman–Crippen LogP) is 6.14. The Morgan fingerprint density at radius 2 is 1.43 bits per heavy atom. The lowest BCUT2D eigenvalue weighted by Gasteiger charge is -2.31. The van der Waals surface area contributed by atoms with E-state index >= 15 is 0 Å². The molecule has 2 aromatic rings. The lowest BCUT2D eigenvalue weighted by molar-refractivity contribution is 0.358. The van der Waals surface area contributed by atoms with E-state index < -0.39 is 0 Å². The van der Waals surface area contributed by atoms with Crippen molar-refractivity contribution in [3.05, 3.63) is 76.7 Å². The number of hydrogen-bond acceptors (Lipinski definition) is 0. The molecule has 0 heteroatoms. The van der Waals surface area contributed by atoms with Gasteiger partial charge in [0.2, 0.25) is 0 Å². The molecule has 0 aliphatic carbocycles. The van der Waals surface area contributed by atoms with Crippen LogP contribution < -0.4 is 0 Å². The lowest BCUT2D eigenvalue weighted by Crippen LogP contribution is -2.20. The van der Waals surface area contributed by atoms with E-state index in [1.165, 1.54) is 28.2 Å². The van der Waals surface area contributed by atoms with Crippen LogP contribution in [-0.2, 0) is 0 Å². The quantitative estimate of drug-likeness (QED) is 0.592. The molecule has 0 saturated heterocycles. The summed E-state index contributed by atoms with van der Waals surface area (Å²) in [6.45, 7) is 13.5. The van der Waals surface area contributed by atoms with Crippen LogP contribution in [0.2, 0.25) is 0 Å². The fourth-order valence-corrected chi connectivity index (χ4v) is 3.07. The van der Waals surface area contributed by atoms with Gasteiger partial charge in [0.1, 0.15) is 5.56 Å². The number of benzene rings is 2. The summed E-state index contributed by atoms with van der Waals surface area (Å²) in [4.78, 5) is 0. The van der Waals surface area contributed by atoms with Crippen LogP contribution in [0.15, 0.2) is 48.5 Å². The van der Waals surface area contributed by atoms with Gasteiger partial charge in [0.25, 0.3) is 0 Å². The fraction of sp³-hybridized carbons (Fsp3) is 0.381. The van der Waals surface area contributed by atoms with Crippen molar-refractivity contribution >= 4 is 0 Å². The summed E-state index contributed by atoms with van der Waals surface area (Å²) in [5, 5.41) is 0. The van der Waals surface area contributed by atoms with E-state index in [1.54, 1.807) is 0 Å². The summed E-state index contributed by atoms with van der Waals surface area (Å²) >= 11 is 0. The smallest absolute Gasteiger partial charge is 0.0617 e. The molecule has 0 bridgehead atoms. The molecule has 0 spiro atoms. The minimum Gasteiger partial charge on any atom is -0.0617 e. The van der Waals surface area contributed by atoms with E-state index in [4.69, 9.17) is 0 Å². The maximum Gasteiger partial charge on any atom is 0.132 e. The summed E-state index contributed by atoms with van der Waals surface area (Å²) in [6.07, 6.45) is 0. The van der Waals surface area contributed by atoms with Gasteiger partial charge in [-0.25, -0.2) is 0 Å². The zero-order valence-electron chi connectivity index (χ0n) is 14.2. The Kier molecular flexibility index (Phi) is 4.46. The molecule has 2 rings (SSSR count). The van der Waals surface area contributed by atoms with Crippen molar-refractivity contribution < 1.29 is 0 Å². The van der Waals surface area contributed by atoms with Gasteiger partial charge in [0.15, 0.2) is 0 Å². The van der Waals surface area contributed by atoms with Crippen LogP contribution in [0.5, 0.6) is 0 Å². The molecular weight excluding hydrogens is 252 g/mol. The standard InChI is InChI=1S/C21H27/c1-15(2)17-10-8-12-19(14-17)20(21(4,5)6)18-11-7-9-16(3)13-18/h7-14,20H,1-6H3/q+1. The Balaban J connectivity index is 2.54. The molecule has 1 atom stereocenters. The monoisotopic (exact) mass is 279 g/mol. The normalized spacial score (nSPS) is 13.0. The van der Waals surface area contributed by atoms with Crippen molar-refractivity contribution in [2.75, 3.05) is 0 Å². The minimum absolute atomic E-state index is 0.189. The summed E-state index contributed by atoms with van der Waals surface area (Å²) in [7, 11) is 0. The average Bonchev–Trinajstić information content (AvgIpc) is 2.37. The van der Waals surface area contributed by atoms with E-state index in [-0.39, 0.29) is 5.41 Å². The fourth-order valence-electron chi connectivity index (χ4n) is 3.07. The first-order valence-corrected chi connectivity index (χ1v) is 7.76. The van der Waals surface area contributed by atoms with E-state index in [0.717, 1.165) is 0 Å². The Morgan fingerprint density at radius 1 is 0.857 bits per heavy atom. The van der Waals surface area contributed by atoms with Crippen LogP contribution in [0, 0.1) is 18.3 Å². The highest BCUT2D eigenvalue weighted by atomic mass is 14.3. The molecular formula is C21H27+. The highest BCUT2D eigenvalue weighted by Crippen LogP contribution is 2.41. The zero-order chi connectivity index (χ0) is 15.6. The molecule has 1 unspecified atom stereocenters. The zero-order valence-corrected chi connectivity index (χ0v) is 14.2. The molecule has 21 heavy (non-hydrogen) atoms. The van der Waals surface area contributed by atoms with Crippen LogP contribution in [-0.4, -0.2) is 0 Å². The third kappa shape index (κ3) is 3.69. The molecule has 0 saturated carbocycles. The number of aryl methyl sites for hydroxylation is 1. The first kappa shape index (κ1) is 15.7. The molecule has 0 aliphatic rings. The minimum atomic E-state index is 0.189. The second-order valence-electron chi connectivity index (χ2n) is 7.34. The second-order valence-corrected chi connectivity index (χ2v) is 7.34. The third-order valence-corrected chi connectivity index (χ3v) is 4.04. The Labute approximate surface area is 130 Å². The lowest BCUT2D eigenvalue weighted by atomic mass is 9.72. The van der Waals surface area contributed by atoms with Gasteiger partial charge < -0.3 is 0 Å². The number of hydrogen-bond donors (Lipinski definition) is 0. The van der Waals surface area contributed by atoms with Gasteiger partial charge in [-0.3, -0.25) is 0 Å². The van der Waals surface area contributed by atoms with Gasteiger partial charge in [0, 0.05) is 43.4 Å². The first-order chi connectivity index (χ1) is 9.79. The van der Waals surface area contributed by atoms with Crippen molar-refractivity contribution in [3.8, 4) is 0 Å². The molecule has 110 valence electrons. The first-order valence-electron chi connectivity index (χ1n) is 7.76. The third-order valence-electron chi connectivity index (χ3n) is 4.04. The van der Waals surface area contributed by atoms with Crippen molar-refractivity contribution in [1.29, 1.82) is 0 Å². The molecule has 0 aliphatic heterocycles. The van der Waals surface area contributed by atoms with Crippen LogP contribution in [0.4, 0.5) is 0 Å². The molecule has 0 nitrogen and oxygen atoms in total. The van der Waals surface area contributed by atoms with Crippen LogP contribution >= 0.6 is 0 Å². The Hall–Kier alpha value is -1.69. The predicted molar refractivity (Wildman–Crippen MR) is 92.6 cm³/mol. The van der Waals surface area contributed by atoms with Gasteiger partial charge in [-0.05, 0) is 30.0 Å². The van der Waals surface area contributed by atoms with Gasteiger partial charge in [0.05, 0.1) is 0 Å². The largest absolute Gasteiger partial charge is 0.132 e. The maximum atomic E-state index is 2.35. The summed E-state index contributed by atoms with van der Waals surface area (Å²) in [5.41, 5.74) is 5.68. The van der Waals surface area contributed by atoms with Gasteiger partial charge in [-0.15, -0.1) is 0 Å².